The molecule has 0 aliphatic carbocycles. The number of imide groups is 1. The van der Waals surface area contributed by atoms with E-state index in [1.165, 1.54) is 6.07 Å². The molecular weight excluding hydrogens is 394 g/mol. The van der Waals surface area contributed by atoms with Crippen molar-refractivity contribution < 1.29 is 29.3 Å². The van der Waals surface area contributed by atoms with Crippen molar-refractivity contribution in [1.29, 1.82) is 0 Å². The van der Waals surface area contributed by atoms with E-state index in [9.17, 15) is 19.8 Å². The minimum atomic E-state index is -0.451. The van der Waals surface area contributed by atoms with Crippen molar-refractivity contribution in [2.75, 3.05) is 6.79 Å². The third-order valence-electron chi connectivity index (χ3n) is 4.73. The van der Waals surface area contributed by atoms with E-state index in [0.717, 1.165) is 16.3 Å². The number of phenolic OH excluding ortho intramolecular Hbond substituents is 2. The zero-order chi connectivity index (χ0) is 20.1. The molecule has 0 unspecified atom stereocenters. The molecule has 0 atom stereocenters. The summed E-state index contributed by atoms with van der Waals surface area (Å²) < 4.78 is 12.0. The Balaban J connectivity index is 1.59. The molecule has 2 N–H and O–H groups in total. The van der Waals surface area contributed by atoms with Crippen LogP contribution in [0.4, 0.5) is 0 Å². The van der Waals surface area contributed by atoms with Gasteiger partial charge in [0.1, 0.15) is 23.0 Å². The number of hydrogen-bond acceptors (Lipinski definition) is 7. The van der Waals surface area contributed by atoms with Crippen molar-refractivity contribution in [1.82, 2.24) is 4.31 Å². The highest BCUT2D eigenvalue weighted by atomic mass is 32.2. The van der Waals surface area contributed by atoms with Gasteiger partial charge in [0.15, 0.2) is 0 Å². The highest BCUT2D eigenvalue weighted by molar-refractivity contribution is 7.98. The van der Waals surface area contributed by atoms with E-state index in [0.29, 0.717) is 22.6 Å². The van der Waals surface area contributed by atoms with Crippen molar-refractivity contribution >= 4 is 23.8 Å². The molecule has 2 aliphatic rings. The van der Waals surface area contributed by atoms with Crippen LogP contribution in [0.2, 0.25) is 0 Å². The van der Waals surface area contributed by atoms with Crippen LogP contribution in [0, 0.1) is 0 Å². The van der Waals surface area contributed by atoms with Crippen molar-refractivity contribution in [2.45, 2.75) is 4.90 Å². The van der Waals surface area contributed by atoms with Gasteiger partial charge in [-0.3, -0.25) is 9.59 Å². The molecule has 2 amide bonds. The Morgan fingerprint density at radius 1 is 0.793 bits per heavy atom. The number of hydrogen-bond donors (Lipinski definition) is 2. The summed E-state index contributed by atoms with van der Waals surface area (Å²) in [6.45, 7) is -0.0895. The van der Waals surface area contributed by atoms with Gasteiger partial charge in [-0.1, -0.05) is 18.2 Å². The van der Waals surface area contributed by atoms with Crippen molar-refractivity contribution in [2.24, 2.45) is 0 Å². The van der Waals surface area contributed by atoms with Crippen LogP contribution in [0.15, 0.2) is 59.5 Å². The maximum atomic E-state index is 12.6. The van der Waals surface area contributed by atoms with Crippen LogP contribution in [0.25, 0.3) is 11.1 Å². The van der Waals surface area contributed by atoms with Crippen molar-refractivity contribution in [3.05, 3.63) is 65.7 Å². The minimum absolute atomic E-state index is 0.0895. The molecule has 0 saturated carbocycles. The fourth-order valence-corrected chi connectivity index (χ4v) is 4.26. The van der Waals surface area contributed by atoms with Gasteiger partial charge in [-0.2, -0.15) is 0 Å². The Morgan fingerprint density at radius 2 is 1.45 bits per heavy atom. The molecular formula is C21H13NO6S. The van der Waals surface area contributed by atoms with E-state index < -0.39 is 11.8 Å². The van der Waals surface area contributed by atoms with Gasteiger partial charge in [-0.05, 0) is 36.4 Å². The molecule has 3 aromatic rings. The molecule has 2 heterocycles. The maximum Gasteiger partial charge on any atom is 0.272 e. The van der Waals surface area contributed by atoms with Gasteiger partial charge >= 0.3 is 0 Å². The summed E-state index contributed by atoms with van der Waals surface area (Å²) in [5.41, 5.74) is 1.15. The largest absolute Gasteiger partial charge is 0.507 e. The summed E-state index contributed by atoms with van der Waals surface area (Å²) >= 11 is 0.817. The van der Waals surface area contributed by atoms with E-state index in [4.69, 9.17) is 9.47 Å². The Hall–Kier alpha value is -3.65. The number of nitrogens with zero attached hydrogens (tertiary/aromatic N) is 1. The molecule has 0 bridgehead atoms. The lowest BCUT2D eigenvalue weighted by Crippen LogP contribution is -2.21. The number of phenols is 2. The van der Waals surface area contributed by atoms with Gasteiger partial charge in [-0.25, -0.2) is 4.31 Å². The average molecular weight is 407 g/mol. The monoisotopic (exact) mass is 407 g/mol. The molecule has 3 aromatic carbocycles. The first kappa shape index (κ1) is 17.4. The van der Waals surface area contributed by atoms with Gasteiger partial charge in [0.2, 0.25) is 6.79 Å². The first-order valence-electron chi connectivity index (χ1n) is 8.66. The second-order valence-electron chi connectivity index (χ2n) is 6.38. The smallest absolute Gasteiger partial charge is 0.272 e. The zero-order valence-corrected chi connectivity index (χ0v) is 15.6. The summed E-state index contributed by atoms with van der Waals surface area (Å²) in [5, 5.41) is 21.3. The third-order valence-corrected chi connectivity index (χ3v) is 5.77. The van der Waals surface area contributed by atoms with E-state index >= 15 is 0 Å². The van der Waals surface area contributed by atoms with E-state index in [1.807, 2.05) is 0 Å². The lowest BCUT2D eigenvalue weighted by Gasteiger charge is -2.17. The number of aromatic hydroxyl groups is 2. The second kappa shape index (κ2) is 6.46. The van der Waals surface area contributed by atoms with Crippen LogP contribution < -0.4 is 9.47 Å². The number of fused-ring (bicyclic) bond motifs is 4. The highest BCUT2D eigenvalue weighted by Crippen LogP contribution is 2.51. The summed E-state index contributed by atoms with van der Waals surface area (Å²) in [6.07, 6.45) is 0. The van der Waals surface area contributed by atoms with Crippen LogP contribution in [0.3, 0.4) is 0 Å². The van der Waals surface area contributed by atoms with Crippen molar-refractivity contribution in [3.8, 4) is 34.1 Å². The Kier molecular flexibility index (Phi) is 3.88. The van der Waals surface area contributed by atoms with Gasteiger partial charge in [0.25, 0.3) is 11.8 Å². The van der Waals surface area contributed by atoms with Crippen molar-refractivity contribution in [3.63, 3.8) is 0 Å². The lowest BCUT2D eigenvalue weighted by atomic mass is 10.0. The topological polar surface area (TPSA) is 96.3 Å². The van der Waals surface area contributed by atoms with Crippen LogP contribution >= 0.6 is 11.9 Å². The van der Waals surface area contributed by atoms with Crippen LogP contribution in [-0.4, -0.2) is 33.1 Å². The number of benzene rings is 3. The maximum absolute atomic E-state index is 12.6. The van der Waals surface area contributed by atoms with Gasteiger partial charge < -0.3 is 19.7 Å². The standard InChI is InChI=1S/C21H13NO6S/c23-13-6-3-7-14-17(13)18-15(28-10-27-14)8-9-16(19(18)24)29-22-20(25)11-4-1-2-5-12(11)21(22)26/h1-9,23-24H,10H2. The highest BCUT2D eigenvalue weighted by Gasteiger charge is 2.37. The summed E-state index contributed by atoms with van der Waals surface area (Å²) in [5.74, 6) is -0.554. The predicted octanol–water partition coefficient (Wildman–Crippen LogP) is 3.80. The number of carbonyl (C=O) groups is 2. The molecule has 0 aromatic heterocycles. The Labute approximate surface area is 169 Å². The predicted molar refractivity (Wildman–Crippen MR) is 104 cm³/mol. The molecule has 0 saturated heterocycles. The van der Waals surface area contributed by atoms with Crippen LogP contribution in [0.5, 0.6) is 23.0 Å². The fourth-order valence-electron chi connectivity index (χ4n) is 3.39. The van der Waals surface area contributed by atoms with E-state index in [1.54, 1.807) is 48.5 Å². The van der Waals surface area contributed by atoms with E-state index in [2.05, 4.69) is 0 Å². The molecule has 7 nitrogen and oxygen atoms in total. The van der Waals surface area contributed by atoms with Gasteiger partial charge in [0, 0.05) is 11.9 Å². The molecule has 2 aliphatic heterocycles. The first-order valence-corrected chi connectivity index (χ1v) is 9.43. The first-order chi connectivity index (χ1) is 14.1. The Morgan fingerprint density at radius 3 is 2.14 bits per heavy atom. The number of amides is 2. The number of carbonyl (C=O) groups excluding carboxylic acids is 2. The quantitative estimate of drug-likeness (QED) is 0.493. The molecule has 0 fully saturated rings. The lowest BCUT2D eigenvalue weighted by molar-refractivity contribution is 0.0777. The summed E-state index contributed by atoms with van der Waals surface area (Å²) in [7, 11) is 0. The normalized spacial score (nSPS) is 14.4. The van der Waals surface area contributed by atoms with Crippen LogP contribution in [-0.2, 0) is 0 Å². The second-order valence-corrected chi connectivity index (χ2v) is 7.37. The molecule has 0 radical (unpaired) electrons. The summed E-state index contributed by atoms with van der Waals surface area (Å²) in [6, 6.07) is 14.4. The van der Waals surface area contributed by atoms with E-state index in [-0.39, 0.29) is 34.3 Å². The Bertz CT molecular complexity index is 1160. The van der Waals surface area contributed by atoms with Gasteiger partial charge in [-0.15, -0.1) is 0 Å². The fraction of sp³-hybridized carbons (Fsp3) is 0.0476. The SMILES string of the molecule is O=C1c2ccccc2C(=O)N1Sc1ccc2c(c1O)-c1c(O)cccc1OCO2. The third kappa shape index (κ3) is 2.60. The number of rotatable bonds is 2. The van der Waals surface area contributed by atoms with Crippen LogP contribution in [0.1, 0.15) is 20.7 Å². The number of ether oxygens (including phenoxy) is 2. The summed E-state index contributed by atoms with van der Waals surface area (Å²) in [4.78, 5) is 25.5. The minimum Gasteiger partial charge on any atom is -0.507 e. The molecule has 5 rings (SSSR count). The molecule has 29 heavy (non-hydrogen) atoms. The molecule has 144 valence electrons. The van der Waals surface area contributed by atoms with Gasteiger partial charge in [0.05, 0.1) is 27.1 Å². The molecule has 8 heteroatoms. The average Bonchev–Trinajstić information content (AvgIpc) is 2.86. The molecule has 0 spiro atoms. The zero-order valence-electron chi connectivity index (χ0n) is 14.8.